The van der Waals surface area contributed by atoms with E-state index in [1.54, 1.807) is 13.3 Å². The normalized spacial score (nSPS) is 13.1. The van der Waals surface area contributed by atoms with Crippen LogP contribution < -0.4 is 0 Å². The second-order valence-electron chi connectivity index (χ2n) is 6.10. The van der Waals surface area contributed by atoms with Gasteiger partial charge in [-0.05, 0) is 0 Å². The van der Waals surface area contributed by atoms with Gasteiger partial charge in [-0.25, -0.2) is 0 Å². The third-order valence-corrected chi connectivity index (χ3v) is 13.4. The zero-order valence-electron chi connectivity index (χ0n) is 14.3. The van der Waals surface area contributed by atoms with E-state index in [0.717, 1.165) is 5.92 Å². The number of unbranched alkanes of at least 4 members (excludes halogenated alkanes) is 2. The van der Waals surface area contributed by atoms with Crippen LogP contribution in [0.3, 0.4) is 0 Å². The maximum atomic E-state index is 2.49. The van der Waals surface area contributed by atoms with E-state index in [1.165, 1.54) is 37.7 Å². The summed E-state index contributed by atoms with van der Waals surface area (Å²) in [5.74, 6) is 0.827. The summed E-state index contributed by atoms with van der Waals surface area (Å²) in [5.41, 5.74) is 1.35. The molecule has 0 aliphatic heterocycles. The van der Waals surface area contributed by atoms with Crippen molar-refractivity contribution in [3.8, 4) is 0 Å². The van der Waals surface area contributed by atoms with Crippen LogP contribution in [0.5, 0.6) is 0 Å². The van der Waals surface area contributed by atoms with Crippen molar-refractivity contribution in [2.45, 2.75) is 66.2 Å². The molecule has 0 saturated heterocycles. The molecule has 1 unspecified atom stereocenters. The van der Waals surface area contributed by atoms with Crippen LogP contribution in [0.15, 0.2) is 36.4 Å². The Kier molecular flexibility index (Phi) is 11.0. The number of hydrogen-bond donors (Lipinski definition) is 0. The summed E-state index contributed by atoms with van der Waals surface area (Å²) >= 11 is -1.12. The van der Waals surface area contributed by atoms with Crippen LogP contribution in [-0.4, -0.2) is 19.8 Å². The molecule has 0 amide bonds. The molecule has 1 aromatic rings. The first-order chi connectivity index (χ1) is 10.3. The number of benzene rings is 1. The predicted molar refractivity (Wildman–Crippen MR) is 99.2 cm³/mol. The van der Waals surface area contributed by atoms with Crippen molar-refractivity contribution in [2.24, 2.45) is 5.92 Å². The Bertz CT molecular complexity index is 361. The molecule has 1 aromatic carbocycles. The topological polar surface area (TPSA) is 0 Å². The van der Waals surface area contributed by atoms with Crippen LogP contribution in [-0.2, 0) is 0 Å². The fourth-order valence-electron chi connectivity index (χ4n) is 2.71. The Hall–Kier alpha value is -0.241. The second-order valence-corrected chi connectivity index (χ2v) is 14.4. The summed E-state index contributed by atoms with van der Waals surface area (Å²) in [4.78, 5) is 0. The van der Waals surface area contributed by atoms with Gasteiger partial charge in [-0.2, -0.15) is 0 Å². The van der Waals surface area contributed by atoms with Crippen molar-refractivity contribution >= 4 is 25.8 Å². The maximum absolute atomic E-state index is 2.49. The van der Waals surface area contributed by atoms with E-state index in [0.29, 0.717) is 0 Å². The molecule has 21 heavy (non-hydrogen) atoms. The molecule has 0 nitrogen and oxygen atoms in total. The van der Waals surface area contributed by atoms with Gasteiger partial charge < -0.3 is 0 Å². The van der Waals surface area contributed by atoms with Crippen LogP contribution >= 0.6 is 0 Å². The molecule has 0 spiro atoms. The second kappa shape index (κ2) is 12.3. The molecular weight excluding hydrogens is 359 g/mol. The van der Waals surface area contributed by atoms with Crippen LogP contribution in [0.25, 0.3) is 6.08 Å². The van der Waals surface area contributed by atoms with Crippen LogP contribution in [0.4, 0.5) is 0 Å². The summed E-state index contributed by atoms with van der Waals surface area (Å²) in [6, 6.07) is 10.8. The third kappa shape index (κ3) is 8.70. The molecule has 0 aliphatic carbocycles. The Morgan fingerprint density at radius 1 is 0.952 bits per heavy atom. The Balaban J connectivity index is 2.53. The Morgan fingerprint density at radius 3 is 2.10 bits per heavy atom. The van der Waals surface area contributed by atoms with Gasteiger partial charge in [0.05, 0.1) is 0 Å². The average Bonchev–Trinajstić information content (AvgIpc) is 2.54. The molecule has 0 bridgehead atoms. The van der Waals surface area contributed by atoms with Gasteiger partial charge in [-0.1, -0.05) is 0 Å². The summed E-state index contributed by atoms with van der Waals surface area (Å²) in [6.45, 7) is 7.04. The fraction of sp³-hybridized carbons (Fsp3) is 0.600. The van der Waals surface area contributed by atoms with Gasteiger partial charge in [0.2, 0.25) is 0 Å². The molecule has 0 aromatic heterocycles. The summed E-state index contributed by atoms with van der Waals surface area (Å²) in [7, 11) is 0. The molecule has 0 saturated carbocycles. The SMILES string of the molecule is CCC[CH2][Sn]([CH2]CCC)[CH2]C(/C=C/c1ccccc1)CC. The van der Waals surface area contributed by atoms with E-state index in [4.69, 9.17) is 0 Å². The molecule has 1 atom stereocenters. The minimum atomic E-state index is -1.12. The van der Waals surface area contributed by atoms with Gasteiger partial charge in [-0.3, -0.25) is 0 Å². The van der Waals surface area contributed by atoms with Gasteiger partial charge >= 0.3 is 140 Å². The standard InChI is InChI=1S/C12H15.2C4H9.Sn/c1-3-11(2)9-10-12-7-5-4-6-8-12;2*1-3-4-2;/h4-11H,2-3H2,1H3;2*1,3-4H2,2H3;/b10-9+;;;. The van der Waals surface area contributed by atoms with Crippen molar-refractivity contribution in [3.05, 3.63) is 42.0 Å². The van der Waals surface area contributed by atoms with Crippen LogP contribution in [0.1, 0.15) is 58.4 Å². The molecule has 1 rings (SSSR count). The van der Waals surface area contributed by atoms with Gasteiger partial charge in [0.15, 0.2) is 0 Å². The van der Waals surface area contributed by atoms with Gasteiger partial charge in [0.25, 0.3) is 0 Å². The summed E-state index contributed by atoms with van der Waals surface area (Å²) in [6.07, 6.45) is 11.9. The van der Waals surface area contributed by atoms with Crippen molar-refractivity contribution < 1.29 is 0 Å². The monoisotopic (exact) mass is 393 g/mol. The first kappa shape index (κ1) is 18.8. The molecule has 0 heterocycles. The van der Waals surface area contributed by atoms with Crippen molar-refractivity contribution in [1.82, 2.24) is 0 Å². The van der Waals surface area contributed by atoms with Crippen molar-refractivity contribution in [2.75, 3.05) is 0 Å². The van der Waals surface area contributed by atoms with Crippen LogP contribution in [0, 0.1) is 5.92 Å². The van der Waals surface area contributed by atoms with E-state index in [9.17, 15) is 0 Å². The number of hydrogen-bond acceptors (Lipinski definition) is 0. The number of rotatable bonds is 11. The first-order valence-corrected chi connectivity index (χ1v) is 14.9. The zero-order valence-corrected chi connectivity index (χ0v) is 17.1. The average molecular weight is 392 g/mol. The molecule has 1 radical (unpaired) electrons. The van der Waals surface area contributed by atoms with Gasteiger partial charge in [0, 0.05) is 0 Å². The van der Waals surface area contributed by atoms with E-state index in [2.05, 4.69) is 63.3 Å². The van der Waals surface area contributed by atoms with Crippen molar-refractivity contribution in [1.29, 1.82) is 0 Å². The third-order valence-electron chi connectivity index (χ3n) is 4.20. The molecular formula is C20H33Sn. The zero-order chi connectivity index (χ0) is 15.3. The Labute approximate surface area is 139 Å². The molecule has 0 N–H and O–H groups in total. The first-order valence-electron chi connectivity index (χ1n) is 8.86. The van der Waals surface area contributed by atoms with Crippen LogP contribution in [0.2, 0.25) is 13.3 Å². The molecule has 1 heteroatoms. The summed E-state index contributed by atoms with van der Waals surface area (Å²) in [5, 5.41) is 0. The van der Waals surface area contributed by atoms with Gasteiger partial charge in [0.1, 0.15) is 0 Å². The number of allylic oxidation sites excluding steroid dienone is 1. The molecule has 117 valence electrons. The van der Waals surface area contributed by atoms with Crippen molar-refractivity contribution in [3.63, 3.8) is 0 Å². The fourth-order valence-corrected chi connectivity index (χ4v) is 12.8. The summed E-state index contributed by atoms with van der Waals surface area (Å²) < 4.78 is 4.81. The van der Waals surface area contributed by atoms with E-state index < -0.39 is 19.8 Å². The van der Waals surface area contributed by atoms with E-state index >= 15 is 0 Å². The molecule has 0 fully saturated rings. The van der Waals surface area contributed by atoms with Gasteiger partial charge in [-0.15, -0.1) is 0 Å². The van der Waals surface area contributed by atoms with E-state index in [-0.39, 0.29) is 0 Å². The van der Waals surface area contributed by atoms with E-state index in [1.807, 2.05) is 0 Å². The predicted octanol–water partition coefficient (Wildman–Crippen LogP) is 6.82. The quantitative estimate of drug-likeness (QED) is 0.363. The minimum absolute atomic E-state index is 0.827. The molecule has 0 aliphatic rings. The Morgan fingerprint density at radius 2 is 1.57 bits per heavy atom.